The van der Waals surface area contributed by atoms with Crippen LogP contribution in [0.15, 0.2) is 49.3 Å². The van der Waals surface area contributed by atoms with Crippen LogP contribution in [0.2, 0.25) is 5.02 Å². The minimum absolute atomic E-state index is 0.0207. The molecule has 0 aliphatic rings. The summed E-state index contributed by atoms with van der Waals surface area (Å²) in [4.78, 5) is 11.5. The van der Waals surface area contributed by atoms with Crippen LogP contribution < -0.4 is 4.74 Å². The van der Waals surface area contributed by atoms with Gasteiger partial charge in [0.25, 0.3) is 11.1 Å². The lowest BCUT2D eigenvalue weighted by atomic mass is 10.2. The summed E-state index contributed by atoms with van der Waals surface area (Å²) in [6, 6.07) is 8.39. The molecule has 0 saturated heterocycles. The predicted molar refractivity (Wildman–Crippen MR) is 96.2 cm³/mol. The van der Waals surface area contributed by atoms with E-state index in [1.54, 1.807) is 37.3 Å². The molecule has 1 N–H and O–H groups in total. The first-order valence-corrected chi connectivity index (χ1v) is 8.52. The van der Waals surface area contributed by atoms with Crippen LogP contribution in [0.3, 0.4) is 0 Å². The van der Waals surface area contributed by atoms with E-state index >= 15 is 0 Å². The summed E-state index contributed by atoms with van der Waals surface area (Å²) in [6.45, 7) is 1.77. The second kappa shape index (κ2) is 7.67. The average Bonchev–Trinajstić information content (AvgIpc) is 3.23. The summed E-state index contributed by atoms with van der Waals surface area (Å²) in [7, 11) is 1.51. The lowest BCUT2D eigenvalue weighted by molar-refractivity contribution is -0.131. The molecule has 0 amide bonds. The zero-order valence-electron chi connectivity index (χ0n) is 13.7. The first kappa shape index (κ1) is 18.1. The van der Waals surface area contributed by atoms with Crippen LogP contribution in [-0.4, -0.2) is 28.4 Å². The lowest BCUT2D eigenvalue weighted by Crippen LogP contribution is -1.96. The fourth-order valence-corrected chi connectivity index (χ4v) is 2.92. The number of thioether (sulfide) groups is 1. The lowest BCUT2D eigenvalue weighted by Gasteiger charge is -2.04. The average molecular weight is 393 g/mol. The Morgan fingerprint density at radius 1 is 1.27 bits per heavy atom. The Morgan fingerprint density at radius 3 is 2.73 bits per heavy atom. The number of carbonyl (C=O) groups is 1. The number of halogens is 1. The molecule has 9 heteroatoms. The zero-order valence-corrected chi connectivity index (χ0v) is 15.3. The molecule has 3 aromatic rings. The van der Waals surface area contributed by atoms with Crippen LogP contribution in [0.1, 0.15) is 11.5 Å². The van der Waals surface area contributed by atoms with Crippen molar-refractivity contribution in [3.63, 3.8) is 0 Å². The number of furan rings is 1. The minimum Gasteiger partial charge on any atom is -0.496 e. The number of carboxylic acids is 1. The maximum atomic E-state index is 11.5. The Hall–Kier alpha value is -2.71. The number of carboxylic acid groups (broad SMARTS) is 1. The van der Waals surface area contributed by atoms with Crippen molar-refractivity contribution in [1.29, 1.82) is 0 Å². The fourth-order valence-electron chi connectivity index (χ4n) is 2.10. The quantitative estimate of drug-likeness (QED) is 0.483. The number of hydrogen-bond acceptors (Lipinski definition) is 7. The third-order valence-electron chi connectivity index (χ3n) is 3.24. The van der Waals surface area contributed by atoms with E-state index in [1.165, 1.54) is 13.2 Å². The van der Waals surface area contributed by atoms with Crippen molar-refractivity contribution in [1.82, 2.24) is 10.2 Å². The normalized spacial score (nSPS) is 11.6. The van der Waals surface area contributed by atoms with Gasteiger partial charge in [0, 0.05) is 11.1 Å². The number of aromatic nitrogens is 2. The SMILES string of the molecule is COc1ccc(Cl)cc1-c1nnc(S/C(=C\c2ccc(C)o2)C(=O)O)o1. The van der Waals surface area contributed by atoms with Crippen molar-refractivity contribution >= 4 is 35.4 Å². The Labute approximate surface area is 157 Å². The molecule has 0 unspecified atom stereocenters. The Balaban J connectivity index is 1.88. The predicted octanol–water partition coefficient (Wildman–Crippen LogP) is 4.52. The smallest absolute Gasteiger partial charge is 0.342 e. The maximum absolute atomic E-state index is 11.5. The van der Waals surface area contributed by atoms with E-state index in [0.717, 1.165) is 11.8 Å². The van der Waals surface area contributed by atoms with Crippen molar-refractivity contribution in [3.8, 4) is 17.2 Å². The highest BCUT2D eigenvalue weighted by Gasteiger charge is 2.18. The molecule has 0 atom stereocenters. The molecule has 0 bridgehead atoms. The maximum Gasteiger partial charge on any atom is 0.342 e. The van der Waals surface area contributed by atoms with Gasteiger partial charge in [0.2, 0.25) is 0 Å². The molecule has 1 aromatic carbocycles. The number of hydrogen-bond donors (Lipinski definition) is 1. The van der Waals surface area contributed by atoms with Gasteiger partial charge in [0.1, 0.15) is 22.2 Å². The Bertz CT molecular complexity index is 979. The molecule has 2 heterocycles. The standard InChI is InChI=1S/C17H13ClN2O5S/c1-9-3-5-11(24-9)8-14(16(21)22)26-17-20-19-15(25-17)12-7-10(18)4-6-13(12)23-2/h3-8H,1-2H3,(H,21,22)/b14-8-. The van der Waals surface area contributed by atoms with E-state index in [9.17, 15) is 9.90 Å². The summed E-state index contributed by atoms with van der Waals surface area (Å²) < 4.78 is 16.2. The topological polar surface area (TPSA) is 98.6 Å². The summed E-state index contributed by atoms with van der Waals surface area (Å²) in [5, 5.41) is 17.8. The monoisotopic (exact) mass is 392 g/mol. The van der Waals surface area contributed by atoms with Gasteiger partial charge < -0.3 is 18.7 Å². The largest absolute Gasteiger partial charge is 0.496 e. The molecule has 26 heavy (non-hydrogen) atoms. The van der Waals surface area contributed by atoms with Gasteiger partial charge in [-0.15, -0.1) is 10.2 Å². The van der Waals surface area contributed by atoms with Gasteiger partial charge in [-0.1, -0.05) is 11.6 Å². The number of aliphatic carboxylic acids is 1. The number of benzene rings is 1. The van der Waals surface area contributed by atoms with Crippen molar-refractivity contribution in [2.75, 3.05) is 7.11 Å². The molecule has 0 aliphatic heterocycles. The summed E-state index contributed by atoms with van der Waals surface area (Å²) in [5.74, 6) is 0.645. The molecular weight excluding hydrogens is 380 g/mol. The van der Waals surface area contributed by atoms with Crippen LogP contribution in [-0.2, 0) is 4.79 Å². The van der Waals surface area contributed by atoms with Gasteiger partial charge in [0.05, 0.1) is 12.7 Å². The molecule has 0 spiro atoms. The molecule has 0 radical (unpaired) electrons. The molecular formula is C17H13ClN2O5S. The second-order valence-electron chi connectivity index (χ2n) is 5.08. The van der Waals surface area contributed by atoms with Crippen LogP contribution in [0.25, 0.3) is 17.5 Å². The molecule has 2 aromatic heterocycles. The van der Waals surface area contributed by atoms with Crippen LogP contribution in [0, 0.1) is 6.92 Å². The summed E-state index contributed by atoms with van der Waals surface area (Å²) in [6.07, 6.45) is 1.39. The van der Waals surface area contributed by atoms with E-state index in [2.05, 4.69) is 10.2 Å². The molecule has 0 saturated carbocycles. The highest BCUT2D eigenvalue weighted by atomic mass is 35.5. The third-order valence-corrected chi connectivity index (χ3v) is 4.33. The summed E-state index contributed by atoms with van der Waals surface area (Å²) in [5.41, 5.74) is 0.516. The molecule has 0 fully saturated rings. The second-order valence-corrected chi connectivity index (χ2v) is 6.51. The number of ether oxygens (including phenoxy) is 1. The molecule has 0 aliphatic carbocycles. The number of rotatable bonds is 6. The van der Waals surface area contributed by atoms with Gasteiger partial charge in [-0.05, 0) is 49.0 Å². The van der Waals surface area contributed by atoms with Crippen LogP contribution in [0.4, 0.5) is 0 Å². The van der Waals surface area contributed by atoms with Crippen molar-refractivity contribution < 1.29 is 23.5 Å². The summed E-state index contributed by atoms with van der Waals surface area (Å²) >= 11 is 6.82. The first-order valence-electron chi connectivity index (χ1n) is 7.33. The number of aryl methyl sites for hydroxylation is 1. The van der Waals surface area contributed by atoms with Gasteiger partial charge in [-0.25, -0.2) is 4.79 Å². The fraction of sp³-hybridized carbons (Fsp3) is 0.118. The zero-order chi connectivity index (χ0) is 18.7. The number of methoxy groups -OCH3 is 1. The van der Waals surface area contributed by atoms with E-state index < -0.39 is 5.97 Å². The molecule has 3 rings (SSSR count). The van der Waals surface area contributed by atoms with E-state index in [-0.39, 0.29) is 16.0 Å². The van der Waals surface area contributed by atoms with Crippen molar-refractivity contribution in [2.24, 2.45) is 0 Å². The van der Waals surface area contributed by atoms with E-state index in [4.69, 9.17) is 25.2 Å². The van der Waals surface area contributed by atoms with Gasteiger partial charge in [-0.2, -0.15) is 0 Å². The highest BCUT2D eigenvalue weighted by molar-refractivity contribution is 8.03. The van der Waals surface area contributed by atoms with Gasteiger partial charge in [-0.3, -0.25) is 0 Å². The molecule has 7 nitrogen and oxygen atoms in total. The van der Waals surface area contributed by atoms with Gasteiger partial charge >= 0.3 is 5.97 Å². The first-order chi connectivity index (χ1) is 12.5. The van der Waals surface area contributed by atoms with Gasteiger partial charge in [0.15, 0.2) is 0 Å². The van der Waals surface area contributed by atoms with E-state index in [0.29, 0.717) is 27.9 Å². The van der Waals surface area contributed by atoms with E-state index in [1.807, 2.05) is 0 Å². The molecule has 134 valence electrons. The van der Waals surface area contributed by atoms with Crippen LogP contribution >= 0.6 is 23.4 Å². The number of nitrogens with zero attached hydrogens (tertiary/aromatic N) is 2. The van der Waals surface area contributed by atoms with Crippen LogP contribution in [0.5, 0.6) is 5.75 Å². The minimum atomic E-state index is -1.14. The third kappa shape index (κ3) is 4.09. The Morgan fingerprint density at radius 2 is 2.08 bits per heavy atom. The van der Waals surface area contributed by atoms with Crippen molar-refractivity contribution in [2.45, 2.75) is 12.1 Å². The van der Waals surface area contributed by atoms with Crippen molar-refractivity contribution in [3.05, 3.63) is 51.8 Å². The Kier molecular flexibility index (Phi) is 5.34. The highest BCUT2D eigenvalue weighted by Crippen LogP contribution is 2.35.